The number of hydrogen-bond donors (Lipinski definition) is 2. The fraction of sp³-hybridized carbons (Fsp3) is 0.316. The maximum Gasteiger partial charge on any atom is 0.234 e. The predicted molar refractivity (Wildman–Crippen MR) is 95.3 cm³/mol. The number of halogens is 1. The molecular formula is C19H23ClN2O. The molecule has 1 atom stereocenters. The first-order valence-corrected chi connectivity index (χ1v) is 8.23. The highest BCUT2D eigenvalue weighted by molar-refractivity contribution is 6.30. The minimum Gasteiger partial charge on any atom is -0.351 e. The van der Waals surface area contributed by atoms with E-state index in [9.17, 15) is 4.79 Å². The molecule has 0 heterocycles. The molecule has 0 bridgehead atoms. The third-order valence-corrected chi connectivity index (χ3v) is 3.92. The number of nitrogens with one attached hydrogen (secondary N) is 2. The van der Waals surface area contributed by atoms with E-state index in [1.54, 1.807) is 0 Å². The molecule has 3 nitrogen and oxygen atoms in total. The van der Waals surface area contributed by atoms with Crippen molar-refractivity contribution in [2.24, 2.45) is 5.92 Å². The van der Waals surface area contributed by atoms with E-state index in [0.29, 0.717) is 17.5 Å². The van der Waals surface area contributed by atoms with Crippen molar-refractivity contribution in [3.05, 3.63) is 70.7 Å². The maximum absolute atomic E-state index is 12.1. The van der Waals surface area contributed by atoms with Gasteiger partial charge in [0.1, 0.15) is 0 Å². The van der Waals surface area contributed by atoms with E-state index in [-0.39, 0.29) is 18.5 Å². The first-order valence-electron chi connectivity index (χ1n) is 7.85. The molecule has 2 aromatic rings. The number of benzene rings is 2. The topological polar surface area (TPSA) is 41.1 Å². The summed E-state index contributed by atoms with van der Waals surface area (Å²) in [6.07, 6.45) is 0. The smallest absolute Gasteiger partial charge is 0.234 e. The van der Waals surface area contributed by atoms with E-state index in [2.05, 4.69) is 36.6 Å². The highest BCUT2D eigenvalue weighted by Gasteiger charge is 2.16. The van der Waals surface area contributed by atoms with Gasteiger partial charge in [-0.15, -0.1) is 0 Å². The van der Waals surface area contributed by atoms with Gasteiger partial charge >= 0.3 is 0 Å². The van der Waals surface area contributed by atoms with Crippen molar-refractivity contribution in [2.75, 3.05) is 6.54 Å². The minimum atomic E-state index is -0.0217. The summed E-state index contributed by atoms with van der Waals surface area (Å²) in [6.45, 7) is 5.07. The Morgan fingerprint density at radius 1 is 1.09 bits per heavy atom. The van der Waals surface area contributed by atoms with E-state index >= 15 is 0 Å². The van der Waals surface area contributed by atoms with Crippen LogP contribution in [-0.4, -0.2) is 12.5 Å². The van der Waals surface area contributed by atoms with Gasteiger partial charge in [-0.05, 0) is 29.2 Å². The van der Waals surface area contributed by atoms with Crippen LogP contribution in [0.5, 0.6) is 0 Å². The number of rotatable bonds is 7. The van der Waals surface area contributed by atoms with E-state index in [1.807, 2.05) is 42.5 Å². The Kier molecular flexibility index (Phi) is 6.63. The van der Waals surface area contributed by atoms with Gasteiger partial charge in [-0.25, -0.2) is 0 Å². The molecule has 0 saturated carbocycles. The first kappa shape index (κ1) is 17.5. The van der Waals surface area contributed by atoms with Crippen LogP contribution in [0, 0.1) is 5.92 Å². The molecule has 0 aliphatic carbocycles. The zero-order valence-corrected chi connectivity index (χ0v) is 14.3. The Morgan fingerprint density at radius 2 is 1.83 bits per heavy atom. The lowest BCUT2D eigenvalue weighted by Gasteiger charge is -2.22. The predicted octanol–water partition coefficient (Wildman–Crippen LogP) is 3.94. The molecule has 0 fully saturated rings. The lowest BCUT2D eigenvalue weighted by molar-refractivity contribution is -0.120. The fourth-order valence-corrected chi connectivity index (χ4v) is 2.72. The molecule has 122 valence electrons. The maximum atomic E-state index is 12.1. The standard InChI is InChI=1S/C19H23ClN2O/c1-14(2)19(16-8-4-3-5-9-16)22-13-18(23)21-12-15-7-6-10-17(20)11-15/h3-11,14,19,22H,12-13H2,1-2H3,(H,21,23)/t19-/m1/s1. The van der Waals surface area contributed by atoms with Crippen LogP contribution in [0.15, 0.2) is 54.6 Å². The molecule has 1 amide bonds. The normalized spacial score (nSPS) is 12.2. The van der Waals surface area contributed by atoms with E-state index in [1.165, 1.54) is 5.56 Å². The summed E-state index contributed by atoms with van der Waals surface area (Å²) in [7, 11) is 0. The van der Waals surface area contributed by atoms with E-state index in [0.717, 1.165) is 5.56 Å². The Labute approximate surface area is 143 Å². The zero-order valence-electron chi connectivity index (χ0n) is 13.6. The van der Waals surface area contributed by atoms with Crippen molar-refractivity contribution < 1.29 is 4.79 Å². The van der Waals surface area contributed by atoms with Crippen molar-refractivity contribution in [1.29, 1.82) is 0 Å². The zero-order chi connectivity index (χ0) is 16.7. The van der Waals surface area contributed by atoms with Crippen molar-refractivity contribution in [1.82, 2.24) is 10.6 Å². The van der Waals surface area contributed by atoms with Crippen LogP contribution >= 0.6 is 11.6 Å². The summed E-state index contributed by atoms with van der Waals surface area (Å²) in [5, 5.41) is 6.94. The molecule has 2 rings (SSSR count). The highest BCUT2D eigenvalue weighted by atomic mass is 35.5. The number of carbonyl (C=O) groups is 1. The molecule has 0 radical (unpaired) electrons. The van der Waals surface area contributed by atoms with Gasteiger partial charge in [0.25, 0.3) is 0 Å². The second-order valence-electron chi connectivity index (χ2n) is 5.92. The first-order chi connectivity index (χ1) is 11.1. The van der Waals surface area contributed by atoms with Gasteiger partial charge in [0, 0.05) is 17.6 Å². The average Bonchev–Trinajstić information content (AvgIpc) is 2.54. The monoisotopic (exact) mass is 330 g/mol. The Balaban J connectivity index is 1.85. The van der Waals surface area contributed by atoms with Crippen molar-refractivity contribution in [3.63, 3.8) is 0 Å². The molecule has 0 aliphatic rings. The Morgan fingerprint density at radius 3 is 2.48 bits per heavy atom. The molecule has 2 aromatic carbocycles. The highest BCUT2D eigenvalue weighted by Crippen LogP contribution is 2.20. The second-order valence-corrected chi connectivity index (χ2v) is 6.36. The van der Waals surface area contributed by atoms with Gasteiger partial charge in [-0.2, -0.15) is 0 Å². The molecule has 0 aliphatic heterocycles. The molecule has 0 spiro atoms. The minimum absolute atomic E-state index is 0.0217. The van der Waals surface area contributed by atoms with Crippen LogP contribution < -0.4 is 10.6 Å². The molecular weight excluding hydrogens is 308 g/mol. The SMILES string of the molecule is CC(C)[C@@H](NCC(=O)NCc1cccc(Cl)c1)c1ccccc1. The number of amides is 1. The fourth-order valence-electron chi connectivity index (χ4n) is 2.51. The van der Waals surface area contributed by atoms with Crippen molar-refractivity contribution in [2.45, 2.75) is 26.4 Å². The lowest BCUT2D eigenvalue weighted by Crippen LogP contribution is -2.37. The summed E-state index contributed by atoms with van der Waals surface area (Å²) in [5.41, 5.74) is 2.19. The summed E-state index contributed by atoms with van der Waals surface area (Å²) in [5.74, 6) is 0.379. The van der Waals surface area contributed by atoms with Gasteiger partial charge in [0.15, 0.2) is 0 Å². The van der Waals surface area contributed by atoms with Crippen LogP contribution in [0.2, 0.25) is 5.02 Å². The Bertz CT molecular complexity index is 628. The average molecular weight is 331 g/mol. The van der Waals surface area contributed by atoms with Gasteiger partial charge in [-0.1, -0.05) is 67.9 Å². The summed E-state index contributed by atoms with van der Waals surface area (Å²) < 4.78 is 0. The van der Waals surface area contributed by atoms with Gasteiger partial charge < -0.3 is 10.6 Å². The molecule has 23 heavy (non-hydrogen) atoms. The molecule has 4 heteroatoms. The lowest BCUT2D eigenvalue weighted by atomic mass is 9.96. The molecule has 0 saturated heterocycles. The second kappa shape index (κ2) is 8.70. The van der Waals surface area contributed by atoms with Crippen LogP contribution in [-0.2, 0) is 11.3 Å². The van der Waals surface area contributed by atoms with Crippen molar-refractivity contribution in [3.8, 4) is 0 Å². The van der Waals surface area contributed by atoms with Gasteiger partial charge in [-0.3, -0.25) is 4.79 Å². The van der Waals surface area contributed by atoms with E-state index < -0.39 is 0 Å². The molecule has 2 N–H and O–H groups in total. The van der Waals surface area contributed by atoms with Crippen LogP contribution in [0.1, 0.15) is 31.0 Å². The quantitative estimate of drug-likeness (QED) is 0.807. The largest absolute Gasteiger partial charge is 0.351 e. The van der Waals surface area contributed by atoms with Gasteiger partial charge in [0.05, 0.1) is 6.54 Å². The van der Waals surface area contributed by atoms with E-state index in [4.69, 9.17) is 11.6 Å². The van der Waals surface area contributed by atoms with Crippen LogP contribution in [0.4, 0.5) is 0 Å². The number of carbonyl (C=O) groups excluding carboxylic acids is 1. The van der Waals surface area contributed by atoms with Gasteiger partial charge in [0.2, 0.25) is 5.91 Å². The van der Waals surface area contributed by atoms with Crippen LogP contribution in [0.3, 0.4) is 0 Å². The summed E-state index contributed by atoms with van der Waals surface area (Å²) in [4.78, 5) is 12.1. The Hall–Kier alpha value is -1.84. The summed E-state index contributed by atoms with van der Waals surface area (Å²) in [6, 6.07) is 17.9. The third-order valence-electron chi connectivity index (χ3n) is 3.69. The summed E-state index contributed by atoms with van der Waals surface area (Å²) >= 11 is 5.94. The van der Waals surface area contributed by atoms with Crippen molar-refractivity contribution >= 4 is 17.5 Å². The molecule has 0 unspecified atom stereocenters. The molecule has 0 aromatic heterocycles. The van der Waals surface area contributed by atoms with Crippen LogP contribution in [0.25, 0.3) is 0 Å². The third kappa shape index (κ3) is 5.70. The number of hydrogen-bond acceptors (Lipinski definition) is 2.